The molecule has 2 N–H and O–H groups in total. The molecule has 128 valence electrons. The fraction of sp³-hybridized carbons (Fsp3) is 0.125. The molecule has 0 aliphatic heterocycles. The summed E-state index contributed by atoms with van der Waals surface area (Å²) in [6, 6.07) is 10.2. The van der Waals surface area contributed by atoms with Crippen LogP contribution in [0.5, 0.6) is 5.75 Å². The summed E-state index contributed by atoms with van der Waals surface area (Å²) in [4.78, 5) is 12.0. The predicted octanol–water partition coefficient (Wildman–Crippen LogP) is 1.99. The van der Waals surface area contributed by atoms with Crippen LogP contribution in [0.25, 0.3) is 0 Å². The van der Waals surface area contributed by atoms with E-state index < -0.39 is 23.1 Å². The molecule has 25 heavy (non-hydrogen) atoms. The molecule has 1 amide bonds. The van der Waals surface area contributed by atoms with E-state index in [9.17, 15) is 13.6 Å². The Morgan fingerprint density at radius 2 is 1.92 bits per heavy atom. The van der Waals surface area contributed by atoms with Crippen molar-refractivity contribution in [1.82, 2.24) is 25.9 Å². The fourth-order valence-electron chi connectivity index (χ4n) is 2.12. The van der Waals surface area contributed by atoms with E-state index in [1.807, 2.05) is 0 Å². The molecule has 0 radical (unpaired) electrons. The van der Waals surface area contributed by atoms with E-state index in [1.54, 1.807) is 24.3 Å². The maximum atomic E-state index is 13.6. The van der Waals surface area contributed by atoms with Crippen molar-refractivity contribution in [3.05, 3.63) is 71.1 Å². The molecule has 7 nitrogen and oxygen atoms in total. The van der Waals surface area contributed by atoms with Crippen LogP contribution < -0.4 is 10.1 Å². The standard InChI is InChI=1S/C16H13F2N5O2/c17-12-5-2-6-13(18)15(12)16(24)19-8-10-3-1-4-11(7-10)25-9-14-20-22-23-21-14/h1-7H,8-9H2,(H,19,24)(H,20,21,22,23). The molecule has 0 unspecified atom stereocenters. The molecule has 0 fully saturated rings. The second-order valence-electron chi connectivity index (χ2n) is 5.04. The van der Waals surface area contributed by atoms with Crippen LogP contribution in [0, 0.1) is 11.6 Å². The number of rotatable bonds is 6. The predicted molar refractivity (Wildman–Crippen MR) is 82.5 cm³/mol. The minimum absolute atomic E-state index is 0.0893. The van der Waals surface area contributed by atoms with Crippen molar-refractivity contribution in [2.24, 2.45) is 0 Å². The summed E-state index contributed by atoms with van der Waals surface area (Å²) in [6.07, 6.45) is 0. The Kier molecular flexibility index (Phi) is 4.93. The number of nitrogens with one attached hydrogen (secondary N) is 2. The van der Waals surface area contributed by atoms with Crippen LogP contribution in [-0.4, -0.2) is 26.5 Å². The molecule has 0 saturated carbocycles. The van der Waals surface area contributed by atoms with E-state index in [1.165, 1.54) is 6.07 Å². The molecule has 0 bridgehead atoms. The number of tetrazole rings is 1. The number of hydrogen-bond acceptors (Lipinski definition) is 5. The molecule has 0 spiro atoms. The Labute approximate surface area is 141 Å². The summed E-state index contributed by atoms with van der Waals surface area (Å²) >= 11 is 0. The van der Waals surface area contributed by atoms with Gasteiger partial charge in [-0.2, -0.15) is 5.21 Å². The third kappa shape index (κ3) is 4.14. The van der Waals surface area contributed by atoms with E-state index in [-0.39, 0.29) is 13.2 Å². The molecule has 2 aromatic carbocycles. The third-order valence-corrected chi connectivity index (χ3v) is 3.30. The van der Waals surface area contributed by atoms with Crippen LogP contribution in [0.4, 0.5) is 8.78 Å². The zero-order valence-corrected chi connectivity index (χ0v) is 12.9. The lowest BCUT2D eigenvalue weighted by Gasteiger charge is -2.09. The first-order chi connectivity index (χ1) is 12.1. The number of nitrogens with zero attached hydrogens (tertiary/aromatic N) is 3. The van der Waals surface area contributed by atoms with Crippen LogP contribution in [0.2, 0.25) is 0 Å². The Bertz CT molecular complexity index is 850. The molecule has 9 heteroatoms. The smallest absolute Gasteiger partial charge is 0.257 e. The van der Waals surface area contributed by atoms with Gasteiger partial charge in [-0.1, -0.05) is 23.4 Å². The van der Waals surface area contributed by atoms with Gasteiger partial charge in [0.15, 0.2) is 6.61 Å². The Balaban J connectivity index is 1.61. The summed E-state index contributed by atoms with van der Waals surface area (Å²) in [6.45, 7) is 0.221. The number of halogens is 2. The van der Waals surface area contributed by atoms with Gasteiger partial charge in [0.1, 0.15) is 22.9 Å². The van der Waals surface area contributed by atoms with Crippen LogP contribution in [0.15, 0.2) is 42.5 Å². The normalized spacial score (nSPS) is 10.5. The maximum Gasteiger partial charge on any atom is 0.257 e. The number of amides is 1. The highest BCUT2D eigenvalue weighted by Crippen LogP contribution is 2.15. The molecule has 3 rings (SSSR count). The number of carbonyl (C=O) groups is 1. The van der Waals surface area contributed by atoms with E-state index in [0.29, 0.717) is 17.1 Å². The third-order valence-electron chi connectivity index (χ3n) is 3.30. The number of carbonyl (C=O) groups excluding carboxylic acids is 1. The number of H-pyrrole nitrogens is 1. The zero-order valence-electron chi connectivity index (χ0n) is 12.9. The van der Waals surface area contributed by atoms with Crippen molar-refractivity contribution in [2.45, 2.75) is 13.2 Å². The fourth-order valence-corrected chi connectivity index (χ4v) is 2.12. The lowest BCUT2D eigenvalue weighted by molar-refractivity contribution is 0.0942. The van der Waals surface area contributed by atoms with E-state index in [2.05, 4.69) is 25.9 Å². The SMILES string of the molecule is O=C(NCc1cccc(OCc2nn[nH]n2)c1)c1c(F)cccc1F. The quantitative estimate of drug-likeness (QED) is 0.713. The highest BCUT2D eigenvalue weighted by molar-refractivity contribution is 5.94. The number of ether oxygens (including phenoxy) is 1. The average molecular weight is 345 g/mol. The largest absolute Gasteiger partial charge is 0.485 e. The molecule has 0 aliphatic rings. The molecular formula is C16H13F2N5O2. The van der Waals surface area contributed by atoms with Gasteiger partial charge >= 0.3 is 0 Å². The number of aromatic amines is 1. The molecule has 0 atom stereocenters. The van der Waals surface area contributed by atoms with Gasteiger partial charge in [-0.05, 0) is 29.8 Å². The van der Waals surface area contributed by atoms with Crippen LogP contribution in [0.1, 0.15) is 21.7 Å². The van der Waals surface area contributed by atoms with Crippen LogP contribution >= 0.6 is 0 Å². The van der Waals surface area contributed by atoms with E-state index in [4.69, 9.17) is 4.74 Å². The van der Waals surface area contributed by atoms with Crippen LogP contribution in [0.3, 0.4) is 0 Å². The first-order valence-electron chi connectivity index (χ1n) is 7.30. The highest BCUT2D eigenvalue weighted by atomic mass is 19.1. The van der Waals surface area contributed by atoms with Gasteiger partial charge in [0.05, 0.1) is 0 Å². The van der Waals surface area contributed by atoms with Crippen LogP contribution in [-0.2, 0) is 13.2 Å². The summed E-state index contributed by atoms with van der Waals surface area (Å²) in [5, 5.41) is 15.7. The monoisotopic (exact) mass is 345 g/mol. The average Bonchev–Trinajstić information content (AvgIpc) is 3.12. The second kappa shape index (κ2) is 7.47. The number of aromatic nitrogens is 4. The first-order valence-corrected chi connectivity index (χ1v) is 7.30. The summed E-state index contributed by atoms with van der Waals surface area (Å²) in [5.74, 6) is -1.71. The minimum Gasteiger partial charge on any atom is -0.485 e. The maximum absolute atomic E-state index is 13.6. The zero-order chi connectivity index (χ0) is 17.6. The second-order valence-corrected chi connectivity index (χ2v) is 5.04. The highest BCUT2D eigenvalue weighted by Gasteiger charge is 2.16. The summed E-state index contributed by atoms with van der Waals surface area (Å²) < 4.78 is 32.7. The summed E-state index contributed by atoms with van der Waals surface area (Å²) in [7, 11) is 0. The van der Waals surface area contributed by atoms with E-state index in [0.717, 1.165) is 12.1 Å². The topological polar surface area (TPSA) is 92.8 Å². The van der Waals surface area contributed by atoms with Crippen molar-refractivity contribution in [2.75, 3.05) is 0 Å². The van der Waals surface area contributed by atoms with Gasteiger partial charge in [-0.15, -0.1) is 10.2 Å². The number of benzene rings is 2. The van der Waals surface area contributed by atoms with Gasteiger partial charge in [0, 0.05) is 6.54 Å². The van der Waals surface area contributed by atoms with Crippen molar-refractivity contribution in [1.29, 1.82) is 0 Å². The molecular weight excluding hydrogens is 332 g/mol. The Morgan fingerprint density at radius 3 is 2.64 bits per heavy atom. The molecule has 3 aromatic rings. The van der Waals surface area contributed by atoms with Gasteiger partial charge in [0.25, 0.3) is 5.91 Å². The van der Waals surface area contributed by atoms with E-state index >= 15 is 0 Å². The van der Waals surface area contributed by atoms with Gasteiger partial charge < -0.3 is 10.1 Å². The van der Waals surface area contributed by atoms with Gasteiger partial charge in [0.2, 0.25) is 5.82 Å². The molecule has 1 aromatic heterocycles. The molecule has 0 aliphatic carbocycles. The first kappa shape index (κ1) is 16.5. The Morgan fingerprint density at radius 1 is 1.16 bits per heavy atom. The minimum atomic E-state index is -0.908. The molecule has 1 heterocycles. The van der Waals surface area contributed by atoms with Gasteiger partial charge in [-0.3, -0.25) is 4.79 Å². The lowest BCUT2D eigenvalue weighted by Crippen LogP contribution is -2.25. The Hall–Kier alpha value is -3.36. The molecule has 0 saturated heterocycles. The van der Waals surface area contributed by atoms with Crippen molar-refractivity contribution in [3.8, 4) is 5.75 Å². The lowest BCUT2D eigenvalue weighted by atomic mass is 10.1. The van der Waals surface area contributed by atoms with Gasteiger partial charge in [-0.25, -0.2) is 8.78 Å². The summed E-state index contributed by atoms with van der Waals surface area (Å²) in [5.41, 5.74) is 0.0997. The number of hydrogen-bond donors (Lipinski definition) is 2. The van der Waals surface area contributed by atoms with Crippen molar-refractivity contribution >= 4 is 5.91 Å². The van der Waals surface area contributed by atoms with Crippen molar-refractivity contribution in [3.63, 3.8) is 0 Å². The van der Waals surface area contributed by atoms with Crippen molar-refractivity contribution < 1.29 is 18.3 Å².